The number of hydrazine groups is 1. The van der Waals surface area contributed by atoms with Crippen LogP contribution in [0.5, 0.6) is 0 Å². The van der Waals surface area contributed by atoms with Gasteiger partial charge in [0.1, 0.15) is 5.69 Å². The number of hydrogen-bond acceptors (Lipinski definition) is 3. The average Bonchev–Trinajstić information content (AvgIpc) is 2.85. The van der Waals surface area contributed by atoms with E-state index in [1.54, 1.807) is 0 Å². The first kappa shape index (κ1) is 11.1. The summed E-state index contributed by atoms with van der Waals surface area (Å²) in [6, 6.07) is 2.41. The number of nitrogens with one attached hydrogen (secondary N) is 1. The van der Waals surface area contributed by atoms with Crippen LogP contribution in [0.2, 0.25) is 0 Å². The van der Waals surface area contributed by atoms with Gasteiger partial charge in [0.25, 0.3) is 0 Å². The average molecular weight is 221 g/mol. The SMILES string of the molecule is Cc1cc(C(=NC2CCCC2)NN)n(C)n1. The van der Waals surface area contributed by atoms with Crippen LogP contribution in [-0.2, 0) is 7.05 Å². The zero-order valence-electron chi connectivity index (χ0n) is 9.90. The molecule has 0 aliphatic heterocycles. The summed E-state index contributed by atoms with van der Waals surface area (Å²) in [5, 5.41) is 4.29. The van der Waals surface area contributed by atoms with Gasteiger partial charge in [0, 0.05) is 7.05 Å². The Morgan fingerprint density at radius 3 is 2.75 bits per heavy atom. The van der Waals surface area contributed by atoms with Crippen LogP contribution in [0.1, 0.15) is 37.1 Å². The van der Waals surface area contributed by atoms with Crippen molar-refractivity contribution in [2.75, 3.05) is 0 Å². The molecule has 1 heterocycles. The van der Waals surface area contributed by atoms with Crippen molar-refractivity contribution in [3.05, 3.63) is 17.5 Å². The minimum Gasteiger partial charge on any atom is -0.307 e. The van der Waals surface area contributed by atoms with Gasteiger partial charge in [-0.05, 0) is 25.8 Å². The minimum absolute atomic E-state index is 0.418. The van der Waals surface area contributed by atoms with Gasteiger partial charge in [0.05, 0.1) is 11.7 Å². The molecule has 1 aromatic rings. The molecule has 0 atom stereocenters. The van der Waals surface area contributed by atoms with E-state index in [2.05, 4.69) is 15.5 Å². The van der Waals surface area contributed by atoms with E-state index >= 15 is 0 Å². The largest absolute Gasteiger partial charge is 0.307 e. The van der Waals surface area contributed by atoms with Crippen molar-refractivity contribution in [2.24, 2.45) is 17.9 Å². The Morgan fingerprint density at radius 2 is 2.25 bits per heavy atom. The van der Waals surface area contributed by atoms with Gasteiger partial charge in [0.2, 0.25) is 0 Å². The lowest BCUT2D eigenvalue weighted by Gasteiger charge is -2.09. The van der Waals surface area contributed by atoms with E-state index in [1.807, 2.05) is 24.7 Å². The van der Waals surface area contributed by atoms with Gasteiger partial charge < -0.3 is 5.43 Å². The summed E-state index contributed by atoms with van der Waals surface area (Å²) in [7, 11) is 1.91. The molecule has 1 aliphatic carbocycles. The molecule has 1 fully saturated rings. The molecule has 3 N–H and O–H groups in total. The first-order valence-electron chi connectivity index (χ1n) is 5.76. The fraction of sp³-hybridized carbons (Fsp3) is 0.636. The Balaban J connectivity index is 2.24. The van der Waals surface area contributed by atoms with Crippen LogP contribution in [-0.4, -0.2) is 21.7 Å². The van der Waals surface area contributed by atoms with Gasteiger partial charge in [-0.15, -0.1) is 0 Å². The van der Waals surface area contributed by atoms with E-state index in [-0.39, 0.29) is 0 Å². The lowest BCUT2D eigenvalue weighted by molar-refractivity contribution is 0.692. The van der Waals surface area contributed by atoms with Gasteiger partial charge in [-0.3, -0.25) is 9.67 Å². The maximum Gasteiger partial charge on any atom is 0.161 e. The van der Waals surface area contributed by atoms with E-state index in [0.29, 0.717) is 6.04 Å². The second kappa shape index (κ2) is 4.65. The summed E-state index contributed by atoms with van der Waals surface area (Å²) in [4.78, 5) is 4.66. The summed E-state index contributed by atoms with van der Waals surface area (Å²) in [6.07, 6.45) is 4.89. The lowest BCUT2D eigenvalue weighted by Crippen LogP contribution is -2.33. The van der Waals surface area contributed by atoms with Crippen LogP contribution in [0.15, 0.2) is 11.1 Å². The van der Waals surface area contributed by atoms with E-state index in [9.17, 15) is 0 Å². The van der Waals surface area contributed by atoms with E-state index < -0.39 is 0 Å². The molecule has 5 nitrogen and oxygen atoms in total. The van der Waals surface area contributed by atoms with Crippen molar-refractivity contribution in [3.63, 3.8) is 0 Å². The molecule has 1 aromatic heterocycles. The normalized spacial score (nSPS) is 18.1. The van der Waals surface area contributed by atoms with Crippen molar-refractivity contribution in [2.45, 2.75) is 38.6 Å². The zero-order chi connectivity index (χ0) is 11.5. The monoisotopic (exact) mass is 221 g/mol. The van der Waals surface area contributed by atoms with Crippen LogP contribution in [0, 0.1) is 6.92 Å². The number of hydrogen-bond donors (Lipinski definition) is 2. The smallest absolute Gasteiger partial charge is 0.161 e. The Kier molecular flexibility index (Phi) is 3.24. The third-order valence-electron chi connectivity index (χ3n) is 3.02. The number of rotatable bonds is 2. The maximum atomic E-state index is 5.54. The molecule has 1 aliphatic rings. The summed E-state index contributed by atoms with van der Waals surface area (Å²) in [5.41, 5.74) is 4.62. The van der Waals surface area contributed by atoms with Crippen molar-refractivity contribution >= 4 is 5.84 Å². The fourth-order valence-corrected chi connectivity index (χ4v) is 2.23. The first-order valence-corrected chi connectivity index (χ1v) is 5.76. The van der Waals surface area contributed by atoms with Gasteiger partial charge in [-0.2, -0.15) is 5.10 Å². The summed E-state index contributed by atoms with van der Waals surface area (Å²) >= 11 is 0. The standard InChI is InChI=1S/C11H19N5/c1-8-7-10(16(2)15-8)11(14-12)13-9-5-3-4-6-9/h7,9H,3-6,12H2,1-2H3,(H,13,14). The molecule has 0 aromatic carbocycles. The molecule has 5 heteroatoms. The van der Waals surface area contributed by atoms with Gasteiger partial charge in [0.15, 0.2) is 5.84 Å². The minimum atomic E-state index is 0.418. The number of aliphatic imine (C=N–C) groups is 1. The topological polar surface area (TPSA) is 68.2 Å². The Labute approximate surface area is 95.7 Å². The number of nitrogens with two attached hydrogens (primary N) is 1. The second-order valence-corrected chi connectivity index (χ2v) is 4.35. The predicted molar refractivity (Wildman–Crippen MR) is 64.1 cm³/mol. The quantitative estimate of drug-likeness (QED) is 0.337. The van der Waals surface area contributed by atoms with Gasteiger partial charge >= 0.3 is 0 Å². The number of aromatic nitrogens is 2. The summed E-state index contributed by atoms with van der Waals surface area (Å²) in [5.74, 6) is 6.28. The molecule has 0 saturated heterocycles. The molecule has 16 heavy (non-hydrogen) atoms. The first-order chi connectivity index (χ1) is 7.70. The van der Waals surface area contributed by atoms with Crippen LogP contribution >= 0.6 is 0 Å². The molecule has 0 amide bonds. The number of amidine groups is 1. The molecule has 1 saturated carbocycles. The Morgan fingerprint density at radius 1 is 1.56 bits per heavy atom. The highest BCUT2D eigenvalue weighted by Gasteiger charge is 2.16. The molecule has 0 radical (unpaired) electrons. The van der Waals surface area contributed by atoms with Crippen LogP contribution in [0.4, 0.5) is 0 Å². The Hall–Kier alpha value is -1.36. The number of nitrogens with zero attached hydrogens (tertiary/aromatic N) is 3. The maximum absolute atomic E-state index is 5.54. The van der Waals surface area contributed by atoms with Gasteiger partial charge in [-0.1, -0.05) is 12.8 Å². The summed E-state index contributed by atoms with van der Waals surface area (Å²) < 4.78 is 1.81. The van der Waals surface area contributed by atoms with E-state index in [1.165, 1.54) is 25.7 Å². The number of aryl methyl sites for hydroxylation is 2. The van der Waals surface area contributed by atoms with Crippen molar-refractivity contribution in [1.82, 2.24) is 15.2 Å². The van der Waals surface area contributed by atoms with Crippen LogP contribution in [0.3, 0.4) is 0 Å². The second-order valence-electron chi connectivity index (χ2n) is 4.35. The van der Waals surface area contributed by atoms with E-state index in [4.69, 9.17) is 5.84 Å². The molecule has 2 rings (SSSR count). The highest BCUT2D eigenvalue weighted by atomic mass is 15.3. The molecule has 0 bridgehead atoms. The molecule has 88 valence electrons. The third-order valence-corrected chi connectivity index (χ3v) is 3.02. The van der Waals surface area contributed by atoms with Crippen molar-refractivity contribution in [3.8, 4) is 0 Å². The highest BCUT2D eigenvalue weighted by molar-refractivity contribution is 5.97. The Bertz CT molecular complexity index is 387. The van der Waals surface area contributed by atoms with Crippen molar-refractivity contribution in [1.29, 1.82) is 0 Å². The molecule has 0 spiro atoms. The predicted octanol–water partition coefficient (Wildman–Crippen LogP) is 0.881. The summed E-state index contributed by atoms with van der Waals surface area (Å²) in [6.45, 7) is 1.97. The van der Waals surface area contributed by atoms with Crippen LogP contribution in [0.25, 0.3) is 0 Å². The van der Waals surface area contributed by atoms with Crippen LogP contribution < -0.4 is 11.3 Å². The molecular weight excluding hydrogens is 202 g/mol. The van der Waals surface area contributed by atoms with Crippen molar-refractivity contribution < 1.29 is 0 Å². The highest BCUT2D eigenvalue weighted by Crippen LogP contribution is 2.21. The molecular formula is C11H19N5. The molecule has 0 unspecified atom stereocenters. The third kappa shape index (κ3) is 2.24. The fourth-order valence-electron chi connectivity index (χ4n) is 2.23. The zero-order valence-corrected chi connectivity index (χ0v) is 9.90. The lowest BCUT2D eigenvalue weighted by atomic mass is 10.2. The van der Waals surface area contributed by atoms with E-state index in [0.717, 1.165) is 17.2 Å². The van der Waals surface area contributed by atoms with Gasteiger partial charge in [-0.25, -0.2) is 5.84 Å².